The fourth-order valence-corrected chi connectivity index (χ4v) is 4.78. The summed E-state index contributed by atoms with van der Waals surface area (Å²) in [6.07, 6.45) is 2.18. The maximum atomic E-state index is 14.5. The van der Waals surface area contributed by atoms with E-state index in [4.69, 9.17) is 4.74 Å². The van der Waals surface area contributed by atoms with E-state index < -0.39 is 15.8 Å². The molecular weight excluding hydrogens is 373 g/mol. The van der Waals surface area contributed by atoms with E-state index in [2.05, 4.69) is 15.1 Å². The zero-order valence-electron chi connectivity index (χ0n) is 15.2. The van der Waals surface area contributed by atoms with Crippen LogP contribution in [-0.4, -0.2) is 58.8 Å². The number of aromatic amines is 1. The predicted octanol–water partition coefficient (Wildman–Crippen LogP) is 1.82. The van der Waals surface area contributed by atoms with Crippen LogP contribution in [0.3, 0.4) is 0 Å². The molecule has 1 aliphatic rings. The van der Waals surface area contributed by atoms with E-state index in [1.54, 1.807) is 25.0 Å². The Kier molecular flexibility index (Phi) is 4.28. The summed E-state index contributed by atoms with van der Waals surface area (Å²) in [5, 5.41) is 4.66. The lowest BCUT2D eigenvalue weighted by molar-refractivity contribution is 0.181. The van der Waals surface area contributed by atoms with Crippen LogP contribution < -0.4 is 0 Å². The van der Waals surface area contributed by atoms with Gasteiger partial charge in [0.15, 0.2) is 5.82 Å². The summed E-state index contributed by atoms with van der Waals surface area (Å²) in [6.45, 7) is 2.63. The lowest BCUT2D eigenvalue weighted by Gasteiger charge is -2.21. The lowest BCUT2D eigenvalue weighted by Crippen LogP contribution is -2.37. The SMILES string of the molecule is Cc1cc(F)c2[nH]c(S(=O)(=O)N(C)[C@H]3CCOC3)cc2c1-c1ncn(C)n1. The summed E-state index contributed by atoms with van der Waals surface area (Å²) in [7, 11) is -0.571. The van der Waals surface area contributed by atoms with Gasteiger partial charge < -0.3 is 9.72 Å². The number of rotatable bonds is 4. The fraction of sp³-hybridized carbons (Fsp3) is 0.412. The van der Waals surface area contributed by atoms with Crippen molar-refractivity contribution in [2.75, 3.05) is 20.3 Å². The first-order valence-corrected chi connectivity index (χ1v) is 9.96. The molecule has 0 saturated carbocycles. The number of H-pyrrole nitrogens is 1. The third kappa shape index (κ3) is 2.93. The van der Waals surface area contributed by atoms with Gasteiger partial charge in [-0.1, -0.05) is 0 Å². The summed E-state index contributed by atoms with van der Waals surface area (Å²) in [4.78, 5) is 6.98. The number of hydrogen-bond acceptors (Lipinski definition) is 5. The van der Waals surface area contributed by atoms with E-state index in [-0.39, 0.29) is 16.6 Å². The minimum absolute atomic E-state index is 0.0615. The highest BCUT2D eigenvalue weighted by molar-refractivity contribution is 7.89. The van der Waals surface area contributed by atoms with Gasteiger partial charge in [-0.2, -0.15) is 9.40 Å². The molecule has 8 nitrogen and oxygen atoms in total. The molecule has 0 radical (unpaired) electrons. The molecular formula is C17H20FN5O3S. The number of nitrogens with one attached hydrogen (secondary N) is 1. The largest absolute Gasteiger partial charge is 0.380 e. The van der Waals surface area contributed by atoms with Crippen molar-refractivity contribution in [1.29, 1.82) is 0 Å². The van der Waals surface area contributed by atoms with Crippen LogP contribution in [0.15, 0.2) is 23.5 Å². The smallest absolute Gasteiger partial charge is 0.258 e. The standard InChI is InChI=1S/C17H20FN5O3S/c1-10-6-13(18)16-12(15(10)17-19-9-22(2)21-17)7-14(20-16)27(24,25)23(3)11-4-5-26-8-11/h6-7,9,11,20H,4-5,8H2,1-3H3/t11-/m0/s1. The first kappa shape index (κ1) is 18.1. The minimum Gasteiger partial charge on any atom is -0.380 e. The van der Waals surface area contributed by atoms with E-state index in [1.807, 2.05) is 0 Å². The molecule has 1 aliphatic heterocycles. The second kappa shape index (κ2) is 6.39. The highest BCUT2D eigenvalue weighted by Crippen LogP contribution is 2.34. The Morgan fingerprint density at radius 1 is 1.41 bits per heavy atom. The van der Waals surface area contributed by atoms with Gasteiger partial charge in [0.1, 0.15) is 17.2 Å². The van der Waals surface area contributed by atoms with Crippen molar-refractivity contribution in [3.05, 3.63) is 29.8 Å². The summed E-state index contributed by atoms with van der Waals surface area (Å²) in [5.41, 5.74) is 1.36. The molecule has 3 aromatic rings. The number of aryl methyl sites for hydroxylation is 2. The first-order chi connectivity index (χ1) is 12.8. The Balaban J connectivity index is 1.88. The summed E-state index contributed by atoms with van der Waals surface area (Å²) >= 11 is 0. The van der Waals surface area contributed by atoms with Gasteiger partial charge in [0, 0.05) is 31.7 Å². The molecule has 3 heterocycles. The molecule has 1 saturated heterocycles. The van der Waals surface area contributed by atoms with Gasteiger partial charge in [-0.05, 0) is 31.0 Å². The molecule has 4 rings (SSSR count). The minimum atomic E-state index is -3.82. The van der Waals surface area contributed by atoms with Gasteiger partial charge in [0.05, 0.1) is 18.2 Å². The first-order valence-electron chi connectivity index (χ1n) is 8.52. The Labute approximate surface area is 156 Å². The van der Waals surface area contributed by atoms with Crippen LogP contribution in [0.2, 0.25) is 0 Å². The summed E-state index contributed by atoms with van der Waals surface area (Å²) in [6, 6.07) is 2.58. The average Bonchev–Trinajstić information content (AvgIpc) is 3.34. The van der Waals surface area contributed by atoms with E-state index in [9.17, 15) is 12.8 Å². The van der Waals surface area contributed by atoms with Crippen molar-refractivity contribution in [3.8, 4) is 11.4 Å². The Bertz CT molecular complexity index is 1120. The number of sulfonamides is 1. The molecule has 0 bridgehead atoms. The van der Waals surface area contributed by atoms with Gasteiger partial charge >= 0.3 is 0 Å². The maximum absolute atomic E-state index is 14.5. The summed E-state index contributed by atoms with van der Waals surface area (Å²) < 4.78 is 48.7. The van der Waals surface area contributed by atoms with Crippen LogP contribution in [0.25, 0.3) is 22.3 Å². The maximum Gasteiger partial charge on any atom is 0.258 e. The number of ether oxygens (including phenoxy) is 1. The van der Waals surface area contributed by atoms with Gasteiger partial charge in [-0.15, -0.1) is 0 Å². The number of benzene rings is 1. The van der Waals surface area contributed by atoms with Gasteiger partial charge in [0.2, 0.25) is 0 Å². The Morgan fingerprint density at radius 3 is 2.81 bits per heavy atom. The molecule has 0 amide bonds. The van der Waals surface area contributed by atoms with Crippen LogP contribution in [0.1, 0.15) is 12.0 Å². The fourth-order valence-electron chi connectivity index (χ4n) is 3.41. The molecule has 1 aromatic carbocycles. The highest BCUT2D eigenvalue weighted by Gasteiger charge is 2.32. The molecule has 0 unspecified atom stereocenters. The normalized spacial score (nSPS) is 18.0. The van der Waals surface area contributed by atoms with Crippen LogP contribution in [0, 0.1) is 12.7 Å². The van der Waals surface area contributed by atoms with E-state index in [0.29, 0.717) is 42.0 Å². The van der Waals surface area contributed by atoms with E-state index >= 15 is 0 Å². The predicted molar refractivity (Wildman–Crippen MR) is 97.2 cm³/mol. The third-order valence-corrected chi connectivity index (χ3v) is 6.77. The van der Waals surface area contributed by atoms with Crippen molar-refractivity contribution in [1.82, 2.24) is 24.1 Å². The molecule has 1 fully saturated rings. The Morgan fingerprint density at radius 2 is 2.19 bits per heavy atom. The molecule has 27 heavy (non-hydrogen) atoms. The molecule has 0 spiro atoms. The van der Waals surface area contributed by atoms with Crippen molar-refractivity contribution in [2.45, 2.75) is 24.4 Å². The summed E-state index contributed by atoms with van der Waals surface area (Å²) in [5.74, 6) is -0.101. The van der Waals surface area contributed by atoms with Crippen molar-refractivity contribution >= 4 is 20.9 Å². The molecule has 10 heteroatoms. The quantitative estimate of drug-likeness (QED) is 0.730. The van der Waals surface area contributed by atoms with E-state index in [1.165, 1.54) is 23.5 Å². The third-order valence-electron chi connectivity index (χ3n) is 4.94. The van der Waals surface area contributed by atoms with Crippen LogP contribution in [-0.2, 0) is 21.8 Å². The number of nitrogens with zero attached hydrogens (tertiary/aromatic N) is 4. The van der Waals surface area contributed by atoms with Crippen LogP contribution >= 0.6 is 0 Å². The topological polar surface area (TPSA) is 93.1 Å². The average molecular weight is 393 g/mol. The van der Waals surface area contributed by atoms with Crippen LogP contribution in [0.5, 0.6) is 0 Å². The second-order valence-electron chi connectivity index (χ2n) is 6.75. The van der Waals surface area contributed by atoms with Gasteiger partial charge in [0.25, 0.3) is 10.0 Å². The van der Waals surface area contributed by atoms with Crippen LogP contribution in [0.4, 0.5) is 4.39 Å². The van der Waals surface area contributed by atoms with Crippen molar-refractivity contribution < 1.29 is 17.5 Å². The lowest BCUT2D eigenvalue weighted by atomic mass is 10.0. The second-order valence-corrected chi connectivity index (χ2v) is 8.72. The van der Waals surface area contributed by atoms with Crippen molar-refractivity contribution in [2.24, 2.45) is 7.05 Å². The van der Waals surface area contributed by atoms with E-state index in [0.717, 1.165) is 0 Å². The molecule has 2 aromatic heterocycles. The molecule has 0 aliphatic carbocycles. The number of aromatic nitrogens is 4. The number of halogens is 1. The van der Waals surface area contributed by atoms with Gasteiger partial charge in [-0.3, -0.25) is 4.68 Å². The van der Waals surface area contributed by atoms with Gasteiger partial charge in [-0.25, -0.2) is 17.8 Å². The number of fused-ring (bicyclic) bond motifs is 1. The monoisotopic (exact) mass is 393 g/mol. The molecule has 1 atom stereocenters. The van der Waals surface area contributed by atoms with Crippen molar-refractivity contribution in [3.63, 3.8) is 0 Å². The number of likely N-dealkylation sites (N-methyl/N-ethyl adjacent to an activating group) is 1. The molecule has 1 N–H and O–H groups in total. The zero-order valence-corrected chi connectivity index (χ0v) is 16.0. The zero-order chi connectivity index (χ0) is 19.3. The highest BCUT2D eigenvalue weighted by atomic mass is 32.2. The Hall–Kier alpha value is -2.30. The number of hydrogen-bond donors (Lipinski definition) is 1. The molecule has 144 valence electrons.